The van der Waals surface area contributed by atoms with Gasteiger partial charge in [-0.05, 0) is 50.5 Å². The molecule has 2 fully saturated rings. The second-order valence-corrected chi connectivity index (χ2v) is 8.80. The van der Waals surface area contributed by atoms with Crippen LogP contribution in [0.4, 0.5) is 5.82 Å². The van der Waals surface area contributed by atoms with E-state index in [1.807, 2.05) is 14.0 Å². The number of hydrogen-bond donors (Lipinski definition) is 0. The molecule has 152 valence electrons. The number of esters is 1. The topological polar surface area (TPSA) is 95.2 Å². The molecule has 8 nitrogen and oxygen atoms in total. The van der Waals surface area contributed by atoms with Crippen molar-refractivity contribution in [1.82, 2.24) is 19.5 Å². The van der Waals surface area contributed by atoms with E-state index < -0.39 is 5.41 Å². The number of rotatable bonds is 5. The van der Waals surface area contributed by atoms with Gasteiger partial charge in [0.15, 0.2) is 0 Å². The second-order valence-electron chi connectivity index (χ2n) is 7.96. The number of aromatic nitrogens is 3. The monoisotopic (exact) mass is 412 g/mol. The van der Waals surface area contributed by atoms with E-state index in [4.69, 9.17) is 4.74 Å². The fourth-order valence-corrected chi connectivity index (χ4v) is 5.00. The lowest BCUT2D eigenvalue weighted by molar-refractivity contribution is -0.150. The molecular weight excluding hydrogens is 388 g/mol. The Labute approximate surface area is 174 Å². The standard InChI is InChI=1S/C20H24N6O2S/c1-14-17(29-24-23-14)13-25(2)12-16-10-20(19(27)28-16)5-8-26(9-6-20)18-15(11-21)4-3-7-22-18/h3-4,7,16H,5-6,8-10,12-13H2,1-2H3. The zero-order valence-corrected chi connectivity index (χ0v) is 17.5. The number of anilines is 1. The molecule has 2 aromatic rings. The molecule has 0 aromatic carbocycles. The summed E-state index contributed by atoms with van der Waals surface area (Å²) in [5, 5.41) is 13.4. The number of pyridine rings is 1. The van der Waals surface area contributed by atoms with Gasteiger partial charge in [0.2, 0.25) is 0 Å². The zero-order chi connectivity index (χ0) is 20.4. The summed E-state index contributed by atoms with van der Waals surface area (Å²) in [6.45, 7) is 4.83. The first kappa shape index (κ1) is 19.7. The molecule has 4 heterocycles. The van der Waals surface area contributed by atoms with Gasteiger partial charge in [-0.3, -0.25) is 9.69 Å². The summed E-state index contributed by atoms with van der Waals surface area (Å²) in [6, 6.07) is 5.75. The van der Waals surface area contributed by atoms with Gasteiger partial charge in [-0.2, -0.15) is 5.26 Å². The summed E-state index contributed by atoms with van der Waals surface area (Å²) in [5.41, 5.74) is 1.12. The third-order valence-corrected chi connectivity index (χ3v) is 6.73. The first-order chi connectivity index (χ1) is 14.0. The lowest BCUT2D eigenvalue weighted by Crippen LogP contribution is -2.43. The van der Waals surface area contributed by atoms with Crippen molar-refractivity contribution in [3.63, 3.8) is 0 Å². The van der Waals surface area contributed by atoms with Crippen LogP contribution in [0.5, 0.6) is 0 Å². The summed E-state index contributed by atoms with van der Waals surface area (Å²) in [6.07, 6.45) is 3.81. The molecule has 0 saturated carbocycles. The Bertz CT molecular complexity index is 931. The van der Waals surface area contributed by atoms with Crippen LogP contribution in [0.3, 0.4) is 0 Å². The van der Waals surface area contributed by atoms with Crippen LogP contribution in [0.25, 0.3) is 0 Å². The van der Waals surface area contributed by atoms with E-state index in [0.29, 0.717) is 31.0 Å². The van der Waals surface area contributed by atoms with Gasteiger partial charge in [0, 0.05) is 38.8 Å². The van der Waals surface area contributed by atoms with Crippen molar-refractivity contribution in [2.45, 2.75) is 38.8 Å². The van der Waals surface area contributed by atoms with Gasteiger partial charge in [-0.15, -0.1) is 5.10 Å². The number of ether oxygens (including phenoxy) is 1. The van der Waals surface area contributed by atoms with Gasteiger partial charge in [0.05, 0.1) is 21.5 Å². The smallest absolute Gasteiger partial charge is 0.312 e. The average Bonchev–Trinajstić information content (AvgIpc) is 3.25. The van der Waals surface area contributed by atoms with Gasteiger partial charge in [-0.25, -0.2) is 4.98 Å². The number of likely N-dealkylation sites (N-methyl/N-ethyl adjacent to an activating group) is 1. The maximum atomic E-state index is 12.7. The third-order valence-electron chi connectivity index (χ3n) is 5.93. The molecule has 2 saturated heterocycles. The van der Waals surface area contributed by atoms with Crippen molar-refractivity contribution >= 4 is 23.3 Å². The van der Waals surface area contributed by atoms with Crippen LogP contribution in [0.15, 0.2) is 18.3 Å². The highest BCUT2D eigenvalue weighted by atomic mass is 32.1. The van der Waals surface area contributed by atoms with E-state index in [0.717, 1.165) is 36.4 Å². The minimum atomic E-state index is -0.411. The number of piperidine rings is 1. The van der Waals surface area contributed by atoms with E-state index in [-0.39, 0.29) is 12.1 Å². The highest BCUT2D eigenvalue weighted by Crippen LogP contribution is 2.44. The van der Waals surface area contributed by atoms with Gasteiger partial charge in [0.1, 0.15) is 18.0 Å². The van der Waals surface area contributed by atoms with Gasteiger partial charge in [0.25, 0.3) is 0 Å². The van der Waals surface area contributed by atoms with E-state index in [2.05, 4.69) is 30.4 Å². The van der Waals surface area contributed by atoms with Crippen molar-refractivity contribution in [3.8, 4) is 6.07 Å². The second kappa shape index (κ2) is 8.05. The van der Waals surface area contributed by atoms with E-state index in [1.165, 1.54) is 11.5 Å². The SMILES string of the molecule is Cc1nnsc1CN(C)CC1CC2(CCN(c3ncccc3C#N)CC2)C(=O)O1. The lowest BCUT2D eigenvalue weighted by atomic mass is 9.76. The van der Waals surface area contributed by atoms with Crippen LogP contribution >= 0.6 is 11.5 Å². The predicted molar refractivity (Wildman–Crippen MR) is 108 cm³/mol. The van der Waals surface area contributed by atoms with Crippen molar-refractivity contribution in [1.29, 1.82) is 5.26 Å². The minimum Gasteiger partial charge on any atom is -0.461 e. The highest BCUT2D eigenvalue weighted by molar-refractivity contribution is 7.05. The maximum Gasteiger partial charge on any atom is 0.312 e. The highest BCUT2D eigenvalue weighted by Gasteiger charge is 2.50. The molecule has 2 aromatic heterocycles. The van der Waals surface area contributed by atoms with Crippen LogP contribution in [0.1, 0.15) is 35.4 Å². The molecule has 4 rings (SSSR count). The minimum absolute atomic E-state index is 0.0762. The molecule has 0 aliphatic carbocycles. The lowest BCUT2D eigenvalue weighted by Gasteiger charge is -2.37. The maximum absolute atomic E-state index is 12.7. The summed E-state index contributed by atoms with van der Waals surface area (Å²) < 4.78 is 9.75. The molecule has 0 N–H and O–H groups in total. The fraction of sp³-hybridized carbons (Fsp3) is 0.550. The quantitative estimate of drug-likeness (QED) is 0.690. The predicted octanol–water partition coefficient (Wildman–Crippen LogP) is 2.15. The third kappa shape index (κ3) is 3.95. The molecular formula is C20H24N6O2S. The Morgan fingerprint density at radius 2 is 2.24 bits per heavy atom. The fourth-order valence-electron chi connectivity index (χ4n) is 4.28. The van der Waals surface area contributed by atoms with Crippen LogP contribution < -0.4 is 4.90 Å². The molecule has 1 unspecified atom stereocenters. The number of cyclic esters (lactones) is 1. The average molecular weight is 413 g/mol. The Morgan fingerprint density at radius 1 is 1.45 bits per heavy atom. The molecule has 0 bridgehead atoms. The summed E-state index contributed by atoms with van der Waals surface area (Å²) in [5.74, 6) is 0.633. The van der Waals surface area contributed by atoms with E-state index in [9.17, 15) is 10.1 Å². The number of hydrogen-bond acceptors (Lipinski definition) is 9. The zero-order valence-electron chi connectivity index (χ0n) is 16.7. The van der Waals surface area contributed by atoms with Gasteiger partial charge < -0.3 is 9.64 Å². The first-order valence-corrected chi connectivity index (χ1v) is 10.6. The Kier molecular flexibility index (Phi) is 5.48. The normalized spacial score (nSPS) is 20.8. The summed E-state index contributed by atoms with van der Waals surface area (Å²) >= 11 is 1.41. The van der Waals surface area contributed by atoms with Gasteiger partial charge >= 0.3 is 5.97 Å². The molecule has 0 amide bonds. The number of nitrogens with zero attached hydrogens (tertiary/aromatic N) is 6. The molecule has 9 heteroatoms. The van der Waals surface area contributed by atoms with Gasteiger partial charge in [-0.1, -0.05) is 4.49 Å². The number of nitriles is 1. The Balaban J connectivity index is 1.36. The van der Waals surface area contributed by atoms with Crippen molar-refractivity contribution < 1.29 is 9.53 Å². The molecule has 2 aliphatic heterocycles. The Morgan fingerprint density at radius 3 is 2.93 bits per heavy atom. The first-order valence-electron chi connectivity index (χ1n) is 9.78. The van der Waals surface area contributed by atoms with Crippen molar-refractivity contribution in [2.75, 3.05) is 31.6 Å². The molecule has 2 aliphatic rings. The number of carbonyl (C=O) groups is 1. The van der Waals surface area contributed by atoms with E-state index >= 15 is 0 Å². The number of aryl methyl sites for hydroxylation is 1. The van der Waals surface area contributed by atoms with Crippen LogP contribution in [0.2, 0.25) is 0 Å². The molecule has 0 radical (unpaired) electrons. The summed E-state index contributed by atoms with van der Waals surface area (Å²) in [7, 11) is 2.03. The molecule has 1 atom stereocenters. The van der Waals surface area contributed by atoms with Crippen molar-refractivity contribution in [3.05, 3.63) is 34.5 Å². The number of carbonyl (C=O) groups excluding carboxylic acids is 1. The van der Waals surface area contributed by atoms with Crippen LogP contribution in [-0.4, -0.2) is 58.2 Å². The van der Waals surface area contributed by atoms with Crippen LogP contribution in [0, 0.1) is 23.7 Å². The summed E-state index contributed by atoms with van der Waals surface area (Å²) in [4.78, 5) is 22.5. The largest absolute Gasteiger partial charge is 0.461 e. The van der Waals surface area contributed by atoms with Crippen LogP contribution in [-0.2, 0) is 16.1 Å². The molecule has 29 heavy (non-hydrogen) atoms. The molecule has 1 spiro atoms. The Hall–Kier alpha value is -2.57. The van der Waals surface area contributed by atoms with Crippen molar-refractivity contribution in [2.24, 2.45) is 5.41 Å². The van der Waals surface area contributed by atoms with E-state index in [1.54, 1.807) is 18.3 Å².